The monoisotopic (exact) mass is 411 g/mol. The van der Waals surface area contributed by atoms with Gasteiger partial charge < -0.3 is 5.41 Å². The summed E-state index contributed by atoms with van der Waals surface area (Å²) in [6.45, 7) is 1.41. The quantitative estimate of drug-likeness (QED) is 0.467. The highest BCUT2D eigenvalue weighted by Gasteiger charge is 2.22. The van der Waals surface area contributed by atoms with Crippen LogP contribution in [0.3, 0.4) is 0 Å². The Balaban J connectivity index is 1.98. The van der Waals surface area contributed by atoms with Crippen molar-refractivity contribution in [2.75, 3.05) is 5.75 Å². The smallest absolute Gasteiger partial charge is 0.196 e. The van der Waals surface area contributed by atoms with E-state index in [0.717, 1.165) is 11.8 Å². The number of nitrogens with one attached hydrogen (secondary N) is 1. The Kier molecular flexibility index (Phi) is 6.14. The molecule has 0 radical (unpaired) electrons. The number of nitriles is 1. The Hall–Kier alpha value is -3.38. The number of hydrogen-bond acceptors (Lipinski definition) is 6. The highest BCUT2D eigenvalue weighted by molar-refractivity contribution is 7.99. The van der Waals surface area contributed by atoms with Crippen molar-refractivity contribution in [2.45, 2.75) is 12.1 Å². The second kappa shape index (κ2) is 8.75. The van der Waals surface area contributed by atoms with E-state index in [4.69, 9.17) is 10.7 Å². The second-order valence-corrected chi connectivity index (χ2v) is 7.07. The zero-order valence-corrected chi connectivity index (χ0v) is 16.1. The molecule has 0 saturated carbocycles. The minimum Gasteiger partial charge on any atom is -0.308 e. The van der Waals surface area contributed by atoms with Gasteiger partial charge in [0.2, 0.25) is 0 Å². The summed E-state index contributed by atoms with van der Waals surface area (Å²) < 4.78 is 28.3. The molecule has 0 aliphatic carbocycles. The summed E-state index contributed by atoms with van der Waals surface area (Å²) in [6.07, 6.45) is 0. The third kappa shape index (κ3) is 4.55. The average Bonchev–Trinajstić information content (AvgIpc) is 3.11. The van der Waals surface area contributed by atoms with Gasteiger partial charge in [-0.1, -0.05) is 11.8 Å². The van der Waals surface area contributed by atoms with Gasteiger partial charge in [0.15, 0.2) is 16.8 Å². The summed E-state index contributed by atoms with van der Waals surface area (Å²) >= 11 is 1.06. The van der Waals surface area contributed by atoms with Crippen LogP contribution in [0.25, 0.3) is 17.1 Å². The van der Waals surface area contributed by atoms with Crippen molar-refractivity contribution in [3.05, 3.63) is 60.2 Å². The number of Topliss-reactive ketones (excluding diaryl/α,β-unsaturated/α-hetero) is 1. The van der Waals surface area contributed by atoms with Crippen molar-refractivity contribution < 1.29 is 13.6 Å². The third-order valence-corrected chi connectivity index (χ3v) is 5.00. The van der Waals surface area contributed by atoms with Crippen LogP contribution in [0.15, 0.2) is 53.7 Å². The lowest BCUT2D eigenvalue weighted by molar-refractivity contribution is -0.117. The van der Waals surface area contributed by atoms with Crippen LogP contribution >= 0.6 is 11.8 Å². The maximum Gasteiger partial charge on any atom is 0.196 e. The number of aromatic nitrogens is 3. The minimum atomic E-state index is -1.11. The zero-order valence-electron chi connectivity index (χ0n) is 15.3. The van der Waals surface area contributed by atoms with Crippen LogP contribution in [0.2, 0.25) is 0 Å². The van der Waals surface area contributed by atoms with E-state index in [9.17, 15) is 13.6 Å². The molecule has 0 fully saturated rings. The highest BCUT2D eigenvalue weighted by atomic mass is 32.2. The van der Waals surface area contributed by atoms with Gasteiger partial charge in [0.1, 0.15) is 17.6 Å². The van der Waals surface area contributed by atoms with Crippen molar-refractivity contribution >= 4 is 23.3 Å². The van der Waals surface area contributed by atoms with Crippen LogP contribution in [0.4, 0.5) is 8.78 Å². The molecule has 6 nitrogen and oxygen atoms in total. The lowest BCUT2D eigenvalue weighted by atomic mass is 10.0. The number of thioether (sulfide) groups is 1. The van der Waals surface area contributed by atoms with Gasteiger partial charge in [-0.25, -0.2) is 8.78 Å². The third-order valence-electron chi connectivity index (χ3n) is 4.05. The van der Waals surface area contributed by atoms with E-state index >= 15 is 0 Å². The molecule has 3 aromatic rings. The summed E-state index contributed by atoms with van der Waals surface area (Å²) in [5.41, 5.74) is 1.13. The fourth-order valence-electron chi connectivity index (χ4n) is 2.60. The second-order valence-electron chi connectivity index (χ2n) is 6.13. The maximum absolute atomic E-state index is 13.4. The molecule has 1 heterocycles. The number of nitrogens with zero attached hydrogens (tertiary/aromatic N) is 4. The van der Waals surface area contributed by atoms with E-state index in [1.54, 1.807) is 16.7 Å². The predicted molar refractivity (Wildman–Crippen MR) is 105 cm³/mol. The molecule has 3 rings (SSSR count). The Morgan fingerprint density at radius 2 is 1.72 bits per heavy atom. The number of benzene rings is 2. The first-order chi connectivity index (χ1) is 13.9. The number of rotatable bonds is 7. The molecule has 1 atom stereocenters. The van der Waals surface area contributed by atoms with E-state index in [1.165, 1.54) is 43.3 Å². The van der Waals surface area contributed by atoms with Gasteiger partial charge in [-0.05, 0) is 55.5 Å². The predicted octanol–water partition coefficient (Wildman–Crippen LogP) is 4.05. The lowest BCUT2D eigenvalue weighted by Gasteiger charge is -2.11. The fraction of sp³-hybridized carbons (Fsp3) is 0.150. The topological polar surface area (TPSA) is 95.4 Å². The van der Waals surface area contributed by atoms with Crippen LogP contribution in [0.5, 0.6) is 0 Å². The van der Waals surface area contributed by atoms with Crippen LogP contribution < -0.4 is 0 Å². The molecule has 0 aliphatic rings. The summed E-state index contributed by atoms with van der Waals surface area (Å²) in [5.74, 6) is -2.02. The molecule has 0 amide bonds. The largest absolute Gasteiger partial charge is 0.308 e. The van der Waals surface area contributed by atoms with Crippen molar-refractivity contribution in [3.8, 4) is 23.1 Å². The Morgan fingerprint density at radius 1 is 1.14 bits per heavy atom. The molecule has 0 bridgehead atoms. The molecule has 0 saturated heterocycles. The Bertz CT molecular complexity index is 1090. The van der Waals surface area contributed by atoms with E-state index in [1.807, 2.05) is 6.07 Å². The summed E-state index contributed by atoms with van der Waals surface area (Å²) in [7, 11) is 0. The molecule has 1 unspecified atom stereocenters. The van der Waals surface area contributed by atoms with Crippen molar-refractivity contribution in [3.63, 3.8) is 0 Å². The molecule has 0 aliphatic heterocycles. The Labute approximate surface area is 169 Å². The zero-order chi connectivity index (χ0) is 21.0. The van der Waals surface area contributed by atoms with Gasteiger partial charge in [0, 0.05) is 17.0 Å². The molecular weight excluding hydrogens is 396 g/mol. The van der Waals surface area contributed by atoms with Crippen LogP contribution in [-0.4, -0.2) is 32.0 Å². The minimum absolute atomic E-state index is 0.0231. The summed E-state index contributed by atoms with van der Waals surface area (Å²) in [4.78, 5) is 12.3. The van der Waals surface area contributed by atoms with Gasteiger partial charge in [-0.3, -0.25) is 9.36 Å². The molecule has 1 N–H and O–H groups in total. The lowest BCUT2D eigenvalue weighted by Crippen LogP contribution is -2.21. The maximum atomic E-state index is 13.4. The van der Waals surface area contributed by atoms with Gasteiger partial charge in [-0.2, -0.15) is 5.26 Å². The Morgan fingerprint density at radius 3 is 2.28 bits per heavy atom. The van der Waals surface area contributed by atoms with Gasteiger partial charge in [-0.15, -0.1) is 10.2 Å². The molecule has 1 aromatic heterocycles. The summed E-state index contributed by atoms with van der Waals surface area (Å²) in [6, 6.07) is 13.1. The van der Waals surface area contributed by atoms with E-state index in [-0.39, 0.29) is 11.5 Å². The fourth-order valence-corrected chi connectivity index (χ4v) is 3.46. The number of halogens is 2. The molecule has 146 valence electrons. The normalized spacial score (nSPS) is 11.7. The molecule has 9 heteroatoms. The number of ketones is 1. The number of carbonyl (C=O) groups is 1. The van der Waals surface area contributed by atoms with Gasteiger partial charge >= 0.3 is 0 Å². The van der Waals surface area contributed by atoms with Crippen LogP contribution in [0.1, 0.15) is 6.92 Å². The standard InChI is InChI=1S/C20H15F2N5OS/c1-12(24)17(10-23)18(28)11-29-20-26-25-19(13-2-4-14(21)5-3-13)27(20)16-8-6-15(22)7-9-16/h2-9,17,24H,11H2,1H3. The van der Waals surface area contributed by atoms with Crippen molar-refractivity contribution in [1.29, 1.82) is 10.7 Å². The molecular formula is C20H15F2N5OS. The first kappa shape index (κ1) is 20.4. The first-order valence-electron chi connectivity index (χ1n) is 8.48. The van der Waals surface area contributed by atoms with Crippen molar-refractivity contribution in [1.82, 2.24) is 14.8 Å². The number of hydrogen-bond donors (Lipinski definition) is 1. The molecule has 2 aromatic carbocycles. The number of carbonyl (C=O) groups excluding carboxylic acids is 1. The van der Waals surface area contributed by atoms with E-state index in [2.05, 4.69) is 10.2 Å². The highest BCUT2D eigenvalue weighted by Crippen LogP contribution is 2.28. The SMILES string of the molecule is CC(=N)C(C#N)C(=O)CSc1nnc(-c2ccc(F)cc2)n1-c1ccc(F)cc1. The van der Waals surface area contributed by atoms with Crippen LogP contribution in [0, 0.1) is 34.3 Å². The van der Waals surface area contributed by atoms with Gasteiger partial charge in [0.25, 0.3) is 0 Å². The van der Waals surface area contributed by atoms with E-state index in [0.29, 0.717) is 22.2 Å². The first-order valence-corrected chi connectivity index (χ1v) is 9.46. The van der Waals surface area contributed by atoms with Crippen LogP contribution in [-0.2, 0) is 4.79 Å². The molecule has 0 spiro atoms. The van der Waals surface area contributed by atoms with Gasteiger partial charge in [0.05, 0.1) is 11.8 Å². The van der Waals surface area contributed by atoms with E-state index < -0.39 is 23.3 Å². The average molecular weight is 411 g/mol. The summed E-state index contributed by atoms with van der Waals surface area (Å²) in [5, 5.41) is 25.2. The molecule has 29 heavy (non-hydrogen) atoms. The van der Waals surface area contributed by atoms with Crippen molar-refractivity contribution in [2.24, 2.45) is 5.92 Å².